The first-order valence-electron chi connectivity index (χ1n) is 6.60. The van der Waals surface area contributed by atoms with E-state index in [0.717, 1.165) is 5.56 Å². The highest BCUT2D eigenvalue weighted by atomic mass is 79.9. The average Bonchev–Trinajstić information content (AvgIpc) is 3.26. The van der Waals surface area contributed by atoms with Crippen molar-refractivity contribution in [1.82, 2.24) is 4.98 Å². The van der Waals surface area contributed by atoms with Gasteiger partial charge < -0.3 is 10.3 Å². The minimum absolute atomic E-state index is 0.0393. The van der Waals surface area contributed by atoms with Crippen LogP contribution in [0.15, 0.2) is 39.7 Å². The molecule has 114 valence electrons. The lowest BCUT2D eigenvalue weighted by molar-refractivity contribution is -0.117. The van der Waals surface area contributed by atoms with Crippen molar-refractivity contribution in [1.29, 1.82) is 0 Å². The highest BCUT2D eigenvalue weighted by Crippen LogP contribution is 2.51. The lowest BCUT2D eigenvalue weighted by atomic mass is 10.1. The Balaban J connectivity index is 1.74. The lowest BCUT2D eigenvalue weighted by Crippen LogP contribution is -2.21. The fourth-order valence-corrected chi connectivity index (χ4v) is 3.20. The highest BCUT2D eigenvalue weighted by Gasteiger charge is 2.45. The summed E-state index contributed by atoms with van der Waals surface area (Å²) in [5.74, 6) is -0.351. The molecule has 0 bridgehead atoms. The Hall–Kier alpha value is -1.30. The third-order valence-electron chi connectivity index (χ3n) is 3.63. The summed E-state index contributed by atoms with van der Waals surface area (Å²) in [4.78, 5) is 26.5. The van der Waals surface area contributed by atoms with Crippen LogP contribution in [0, 0.1) is 5.92 Å². The van der Waals surface area contributed by atoms with E-state index in [4.69, 9.17) is 23.2 Å². The number of halogens is 3. The van der Waals surface area contributed by atoms with Crippen LogP contribution in [0.2, 0.25) is 10.0 Å². The van der Waals surface area contributed by atoms with Gasteiger partial charge in [-0.2, -0.15) is 0 Å². The second-order valence-corrected chi connectivity index (χ2v) is 6.84. The highest BCUT2D eigenvalue weighted by molar-refractivity contribution is 9.10. The van der Waals surface area contributed by atoms with Gasteiger partial charge in [0.25, 0.3) is 5.56 Å². The lowest BCUT2D eigenvalue weighted by Gasteiger charge is -2.06. The number of rotatable bonds is 3. The molecule has 2 atom stereocenters. The van der Waals surface area contributed by atoms with Gasteiger partial charge in [0.2, 0.25) is 5.91 Å². The molecule has 0 aliphatic heterocycles. The molecule has 2 aromatic rings. The van der Waals surface area contributed by atoms with Gasteiger partial charge in [-0.3, -0.25) is 9.59 Å². The van der Waals surface area contributed by atoms with Gasteiger partial charge >= 0.3 is 0 Å². The van der Waals surface area contributed by atoms with E-state index >= 15 is 0 Å². The van der Waals surface area contributed by atoms with E-state index in [-0.39, 0.29) is 29.0 Å². The number of nitrogens with one attached hydrogen (secondary N) is 2. The molecule has 2 unspecified atom stereocenters. The molecule has 0 saturated heterocycles. The predicted octanol–water partition coefficient (Wildman–Crippen LogP) is 4.19. The SMILES string of the molecule is O=C(Nc1cc(Br)c[nH]c1=O)C1CC1c1cccc(Cl)c1Cl. The summed E-state index contributed by atoms with van der Waals surface area (Å²) in [6.07, 6.45) is 2.21. The zero-order valence-electron chi connectivity index (χ0n) is 11.2. The topological polar surface area (TPSA) is 62.0 Å². The van der Waals surface area contributed by atoms with Crippen LogP contribution in [0.3, 0.4) is 0 Å². The maximum absolute atomic E-state index is 12.3. The summed E-state index contributed by atoms with van der Waals surface area (Å²) >= 11 is 15.4. The minimum atomic E-state index is -0.338. The first-order valence-corrected chi connectivity index (χ1v) is 8.15. The number of carbonyl (C=O) groups is 1. The number of hydrogen-bond donors (Lipinski definition) is 2. The normalized spacial score (nSPS) is 19.8. The van der Waals surface area contributed by atoms with Gasteiger partial charge in [-0.1, -0.05) is 35.3 Å². The molecule has 4 nitrogen and oxygen atoms in total. The number of amides is 1. The Morgan fingerprint density at radius 2 is 2.14 bits per heavy atom. The zero-order valence-corrected chi connectivity index (χ0v) is 14.3. The third-order valence-corrected chi connectivity index (χ3v) is 4.93. The fraction of sp³-hybridized carbons (Fsp3) is 0.200. The molecular weight excluding hydrogens is 391 g/mol. The quantitative estimate of drug-likeness (QED) is 0.809. The predicted molar refractivity (Wildman–Crippen MR) is 90.7 cm³/mol. The molecule has 1 aromatic heterocycles. The van der Waals surface area contributed by atoms with Crippen molar-refractivity contribution in [2.24, 2.45) is 5.92 Å². The molecule has 1 aromatic carbocycles. The number of hydrogen-bond acceptors (Lipinski definition) is 2. The molecule has 1 aliphatic carbocycles. The molecule has 3 rings (SSSR count). The van der Waals surface area contributed by atoms with Gasteiger partial charge in [0.1, 0.15) is 5.69 Å². The third kappa shape index (κ3) is 3.07. The van der Waals surface area contributed by atoms with Crippen LogP contribution in [-0.4, -0.2) is 10.9 Å². The average molecular weight is 402 g/mol. The van der Waals surface area contributed by atoms with Gasteiger partial charge in [0.05, 0.1) is 10.0 Å². The van der Waals surface area contributed by atoms with Crippen LogP contribution in [0.1, 0.15) is 17.9 Å². The Kier molecular flexibility index (Phi) is 4.30. The van der Waals surface area contributed by atoms with Gasteiger partial charge in [-0.25, -0.2) is 0 Å². The number of aromatic nitrogens is 1. The molecule has 1 aliphatic rings. The van der Waals surface area contributed by atoms with Crippen LogP contribution < -0.4 is 10.9 Å². The van der Waals surface area contributed by atoms with Crippen LogP contribution in [0.4, 0.5) is 5.69 Å². The van der Waals surface area contributed by atoms with E-state index in [1.165, 1.54) is 6.20 Å². The summed E-state index contributed by atoms with van der Waals surface area (Å²) in [5, 5.41) is 3.63. The summed E-state index contributed by atoms with van der Waals surface area (Å²) < 4.78 is 0.688. The van der Waals surface area contributed by atoms with Crippen molar-refractivity contribution in [3.8, 4) is 0 Å². The Labute approximate surface area is 145 Å². The summed E-state index contributed by atoms with van der Waals surface area (Å²) in [7, 11) is 0. The number of pyridine rings is 1. The number of benzene rings is 1. The largest absolute Gasteiger partial charge is 0.326 e. The maximum atomic E-state index is 12.3. The summed E-state index contributed by atoms with van der Waals surface area (Å²) in [6.45, 7) is 0. The Bertz CT molecular complexity index is 806. The van der Waals surface area contributed by atoms with E-state index in [0.29, 0.717) is 20.9 Å². The second kappa shape index (κ2) is 6.07. The number of anilines is 1. The van der Waals surface area contributed by atoms with Crippen molar-refractivity contribution >= 4 is 50.7 Å². The second-order valence-electron chi connectivity index (χ2n) is 5.14. The smallest absolute Gasteiger partial charge is 0.271 e. The standard InChI is InChI=1S/C15H11BrCl2N2O2/c16-7-4-12(15(22)19-6-7)20-14(21)10-5-9(10)8-2-1-3-11(17)13(8)18/h1-4,6,9-10H,5H2,(H,19,22)(H,20,21). The van der Waals surface area contributed by atoms with E-state index in [1.807, 2.05) is 12.1 Å². The number of aromatic amines is 1. The molecule has 7 heteroatoms. The summed E-state index contributed by atoms with van der Waals surface area (Å²) in [5.41, 5.74) is 0.759. The van der Waals surface area contributed by atoms with E-state index < -0.39 is 0 Å². The molecule has 1 amide bonds. The van der Waals surface area contributed by atoms with Gasteiger partial charge in [-0.05, 0) is 46.0 Å². The van der Waals surface area contributed by atoms with Crippen LogP contribution in [0.25, 0.3) is 0 Å². The number of H-pyrrole nitrogens is 1. The first-order chi connectivity index (χ1) is 10.5. The minimum Gasteiger partial charge on any atom is -0.326 e. The Morgan fingerprint density at radius 3 is 2.91 bits per heavy atom. The van der Waals surface area contributed by atoms with Crippen molar-refractivity contribution < 1.29 is 4.79 Å². The number of carbonyl (C=O) groups excluding carboxylic acids is 1. The van der Waals surface area contributed by atoms with E-state index in [9.17, 15) is 9.59 Å². The van der Waals surface area contributed by atoms with Gasteiger partial charge in [0.15, 0.2) is 0 Å². The molecule has 0 radical (unpaired) electrons. The van der Waals surface area contributed by atoms with Gasteiger partial charge in [0, 0.05) is 16.6 Å². The van der Waals surface area contributed by atoms with Crippen molar-refractivity contribution in [3.63, 3.8) is 0 Å². The molecule has 1 saturated carbocycles. The molecule has 0 spiro atoms. The molecule has 22 heavy (non-hydrogen) atoms. The zero-order chi connectivity index (χ0) is 15.9. The fourth-order valence-electron chi connectivity index (χ4n) is 2.41. The molecule has 1 heterocycles. The van der Waals surface area contributed by atoms with Crippen LogP contribution >= 0.6 is 39.1 Å². The monoisotopic (exact) mass is 400 g/mol. The van der Waals surface area contributed by atoms with Crippen LogP contribution in [-0.2, 0) is 4.79 Å². The van der Waals surface area contributed by atoms with Crippen molar-refractivity contribution in [3.05, 3.63) is 60.9 Å². The van der Waals surface area contributed by atoms with E-state index in [2.05, 4.69) is 26.2 Å². The van der Waals surface area contributed by atoms with Crippen molar-refractivity contribution in [2.75, 3.05) is 5.32 Å². The van der Waals surface area contributed by atoms with Crippen molar-refractivity contribution in [2.45, 2.75) is 12.3 Å². The molecular formula is C15H11BrCl2N2O2. The van der Waals surface area contributed by atoms with Gasteiger partial charge in [-0.15, -0.1) is 0 Å². The molecule has 2 N–H and O–H groups in total. The first kappa shape index (κ1) is 15.6. The van der Waals surface area contributed by atoms with E-state index in [1.54, 1.807) is 12.1 Å². The Morgan fingerprint density at radius 1 is 1.36 bits per heavy atom. The van der Waals surface area contributed by atoms with Crippen LogP contribution in [0.5, 0.6) is 0 Å². The molecule has 1 fully saturated rings. The summed E-state index contributed by atoms with van der Waals surface area (Å²) in [6, 6.07) is 6.97. The maximum Gasteiger partial charge on any atom is 0.271 e.